The number of nitrogens with one attached hydrogen (secondary N) is 2. The van der Waals surface area contributed by atoms with Gasteiger partial charge in [0.25, 0.3) is 0 Å². The highest BCUT2D eigenvalue weighted by Gasteiger charge is 2.26. The van der Waals surface area contributed by atoms with Crippen molar-refractivity contribution in [2.45, 2.75) is 45.3 Å². The number of amides is 1. The predicted molar refractivity (Wildman–Crippen MR) is 139 cm³/mol. The molecule has 1 amide bonds. The van der Waals surface area contributed by atoms with Crippen LogP contribution in [0.2, 0.25) is 0 Å². The average Bonchev–Trinajstić information content (AvgIpc) is 3.42. The standard InChI is InChI=1S/C24H31FN6O.HI/c1-2-26-24(29-20-11-14-31(17-20)23-21(25)9-5-12-27-23)28-15-18-7-3-4-8-19(18)16-30-13-6-10-22(30)32;/h3-5,7-9,12,20H,2,6,10-11,13-17H2,1H3,(H2,26,28,29);1H. The summed E-state index contributed by atoms with van der Waals surface area (Å²) in [5.41, 5.74) is 2.26. The minimum Gasteiger partial charge on any atom is -0.357 e. The molecule has 2 aliphatic rings. The van der Waals surface area contributed by atoms with E-state index >= 15 is 0 Å². The van der Waals surface area contributed by atoms with Crippen molar-refractivity contribution in [1.29, 1.82) is 0 Å². The molecule has 2 aromatic rings. The van der Waals surface area contributed by atoms with E-state index in [2.05, 4.69) is 27.8 Å². The maximum Gasteiger partial charge on any atom is 0.222 e. The van der Waals surface area contributed by atoms with Gasteiger partial charge >= 0.3 is 0 Å². The molecule has 33 heavy (non-hydrogen) atoms. The summed E-state index contributed by atoms with van der Waals surface area (Å²) >= 11 is 0. The van der Waals surface area contributed by atoms with Crippen LogP contribution in [0.1, 0.15) is 37.3 Å². The quantitative estimate of drug-likeness (QED) is 0.306. The average molecular weight is 566 g/mol. The lowest BCUT2D eigenvalue weighted by atomic mass is 10.1. The molecule has 1 unspecified atom stereocenters. The van der Waals surface area contributed by atoms with Crippen molar-refractivity contribution in [3.8, 4) is 0 Å². The van der Waals surface area contributed by atoms with Gasteiger partial charge in [0.2, 0.25) is 5.91 Å². The zero-order chi connectivity index (χ0) is 22.3. The van der Waals surface area contributed by atoms with Crippen molar-refractivity contribution in [3.63, 3.8) is 0 Å². The van der Waals surface area contributed by atoms with Gasteiger partial charge in [0.1, 0.15) is 0 Å². The number of aliphatic imine (C=N–C) groups is 1. The Morgan fingerprint density at radius 3 is 2.76 bits per heavy atom. The zero-order valence-electron chi connectivity index (χ0n) is 19.0. The van der Waals surface area contributed by atoms with Gasteiger partial charge in [-0.05, 0) is 43.0 Å². The van der Waals surface area contributed by atoms with Gasteiger partial charge in [0, 0.05) is 51.4 Å². The fourth-order valence-corrected chi connectivity index (χ4v) is 4.30. The molecule has 2 N–H and O–H groups in total. The van der Waals surface area contributed by atoms with E-state index in [0.29, 0.717) is 31.9 Å². The highest BCUT2D eigenvalue weighted by molar-refractivity contribution is 14.0. The molecule has 0 radical (unpaired) electrons. The lowest BCUT2D eigenvalue weighted by molar-refractivity contribution is -0.128. The Kier molecular flexibility index (Phi) is 9.28. The van der Waals surface area contributed by atoms with Gasteiger partial charge in [-0.25, -0.2) is 14.4 Å². The molecule has 1 aromatic carbocycles. The number of guanidine groups is 1. The van der Waals surface area contributed by atoms with Crippen molar-refractivity contribution in [2.75, 3.05) is 31.1 Å². The van der Waals surface area contributed by atoms with Crippen LogP contribution in [0.3, 0.4) is 0 Å². The maximum absolute atomic E-state index is 14.1. The van der Waals surface area contributed by atoms with Crippen LogP contribution >= 0.6 is 24.0 Å². The number of rotatable bonds is 7. The van der Waals surface area contributed by atoms with Crippen LogP contribution in [-0.2, 0) is 17.9 Å². The van der Waals surface area contributed by atoms with Gasteiger partial charge < -0.3 is 20.4 Å². The van der Waals surface area contributed by atoms with Crippen molar-refractivity contribution < 1.29 is 9.18 Å². The molecule has 0 spiro atoms. The monoisotopic (exact) mass is 566 g/mol. The third kappa shape index (κ3) is 6.55. The SMILES string of the molecule is CCNC(=NCc1ccccc1CN1CCCC1=O)NC1CCN(c2ncccc2F)C1.I. The van der Waals surface area contributed by atoms with Crippen molar-refractivity contribution in [2.24, 2.45) is 4.99 Å². The zero-order valence-corrected chi connectivity index (χ0v) is 21.3. The number of likely N-dealkylation sites (tertiary alicyclic amines) is 1. The number of pyridine rings is 1. The third-order valence-electron chi connectivity index (χ3n) is 5.97. The molecule has 9 heteroatoms. The highest BCUT2D eigenvalue weighted by Crippen LogP contribution is 2.21. The normalized spacial score (nSPS) is 18.4. The summed E-state index contributed by atoms with van der Waals surface area (Å²) < 4.78 is 14.1. The van der Waals surface area contributed by atoms with Gasteiger partial charge in [-0.15, -0.1) is 24.0 Å². The number of anilines is 1. The second-order valence-electron chi connectivity index (χ2n) is 8.27. The maximum atomic E-state index is 14.1. The van der Waals surface area contributed by atoms with Crippen LogP contribution in [0.15, 0.2) is 47.6 Å². The topological polar surface area (TPSA) is 72.9 Å². The third-order valence-corrected chi connectivity index (χ3v) is 5.97. The number of carbonyl (C=O) groups is 1. The second kappa shape index (κ2) is 12.2. The molecule has 7 nitrogen and oxygen atoms in total. The summed E-state index contributed by atoms with van der Waals surface area (Å²) in [6, 6.07) is 11.4. The van der Waals surface area contributed by atoms with Crippen LogP contribution in [0.25, 0.3) is 0 Å². The first-order chi connectivity index (χ1) is 15.6. The van der Waals surface area contributed by atoms with Gasteiger partial charge in [0.05, 0.1) is 6.54 Å². The summed E-state index contributed by atoms with van der Waals surface area (Å²) in [6.45, 7) is 6.20. The fourth-order valence-electron chi connectivity index (χ4n) is 4.30. The van der Waals surface area contributed by atoms with E-state index in [1.807, 2.05) is 28.9 Å². The number of nitrogens with zero attached hydrogens (tertiary/aromatic N) is 4. The smallest absolute Gasteiger partial charge is 0.222 e. The first-order valence-electron chi connectivity index (χ1n) is 11.4. The summed E-state index contributed by atoms with van der Waals surface area (Å²) in [6.07, 6.45) is 4.09. The van der Waals surface area contributed by atoms with E-state index in [0.717, 1.165) is 49.6 Å². The van der Waals surface area contributed by atoms with Gasteiger partial charge in [-0.1, -0.05) is 24.3 Å². The van der Waals surface area contributed by atoms with E-state index in [4.69, 9.17) is 4.99 Å². The summed E-state index contributed by atoms with van der Waals surface area (Å²) in [5, 5.41) is 6.80. The highest BCUT2D eigenvalue weighted by atomic mass is 127. The molecule has 1 atom stereocenters. The molecule has 2 aliphatic heterocycles. The minimum atomic E-state index is -0.290. The Morgan fingerprint density at radius 1 is 1.21 bits per heavy atom. The van der Waals surface area contributed by atoms with Gasteiger partial charge in [-0.2, -0.15) is 0 Å². The van der Waals surface area contributed by atoms with Crippen LogP contribution in [0, 0.1) is 5.82 Å². The van der Waals surface area contributed by atoms with Crippen LogP contribution < -0.4 is 15.5 Å². The Labute approximate surface area is 211 Å². The molecule has 4 rings (SSSR count). The minimum absolute atomic E-state index is 0. The molecule has 2 saturated heterocycles. The molecule has 0 aliphatic carbocycles. The van der Waals surface area contributed by atoms with Crippen LogP contribution in [-0.4, -0.2) is 54.0 Å². The molecular weight excluding hydrogens is 534 g/mol. The number of carbonyl (C=O) groups excluding carboxylic acids is 1. The van der Waals surface area contributed by atoms with E-state index in [1.165, 1.54) is 6.07 Å². The first kappa shape index (κ1) is 25.2. The first-order valence-corrected chi connectivity index (χ1v) is 11.4. The molecule has 178 valence electrons. The summed E-state index contributed by atoms with van der Waals surface area (Å²) in [4.78, 5) is 24.9. The number of benzene rings is 1. The van der Waals surface area contributed by atoms with Gasteiger partial charge in [0.15, 0.2) is 17.6 Å². The number of hydrogen-bond donors (Lipinski definition) is 2. The van der Waals surface area contributed by atoms with Crippen LogP contribution in [0.4, 0.5) is 10.2 Å². The Hall–Kier alpha value is -2.43. The van der Waals surface area contributed by atoms with Crippen LogP contribution in [0.5, 0.6) is 0 Å². The Balaban J connectivity index is 0.00000306. The van der Waals surface area contributed by atoms with Crippen molar-refractivity contribution in [1.82, 2.24) is 20.5 Å². The molecule has 1 aromatic heterocycles. The number of hydrogen-bond acceptors (Lipinski definition) is 4. The largest absolute Gasteiger partial charge is 0.357 e. The molecule has 0 bridgehead atoms. The van der Waals surface area contributed by atoms with E-state index < -0.39 is 0 Å². The fraction of sp³-hybridized carbons (Fsp3) is 0.458. The molecular formula is C24H32FIN6O. The Bertz CT molecular complexity index is 971. The van der Waals surface area contributed by atoms with Crippen molar-refractivity contribution in [3.05, 3.63) is 59.5 Å². The van der Waals surface area contributed by atoms with E-state index in [9.17, 15) is 9.18 Å². The Morgan fingerprint density at radius 2 is 2.03 bits per heavy atom. The lowest BCUT2D eigenvalue weighted by Crippen LogP contribution is -2.44. The van der Waals surface area contributed by atoms with Crippen molar-refractivity contribution >= 4 is 41.7 Å². The van der Waals surface area contributed by atoms with Gasteiger partial charge in [-0.3, -0.25) is 4.79 Å². The summed E-state index contributed by atoms with van der Waals surface area (Å²) in [7, 11) is 0. The van der Waals surface area contributed by atoms with E-state index in [-0.39, 0.29) is 41.7 Å². The summed E-state index contributed by atoms with van der Waals surface area (Å²) in [5.74, 6) is 1.09. The predicted octanol–water partition coefficient (Wildman–Crippen LogP) is 3.30. The molecule has 2 fully saturated rings. The lowest BCUT2D eigenvalue weighted by Gasteiger charge is -2.20. The molecule has 0 saturated carbocycles. The number of halogens is 2. The molecule has 3 heterocycles. The second-order valence-corrected chi connectivity index (χ2v) is 8.27. The number of aromatic nitrogens is 1. The van der Waals surface area contributed by atoms with E-state index in [1.54, 1.807) is 12.3 Å².